The zero-order valence-electron chi connectivity index (χ0n) is 66.6. The first-order valence-electron chi connectivity index (χ1n) is 38.6. The highest BCUT2D eigenvalue weighted by molar-refractivity contribution is 7.14. The summed E-state index contributed by atoms with van der Waals surface area (Å²) in [5, 5.41) is 38.8. The minimum atomic E-state index is -0.738. The van der Waals surface area contributed by atoms with Crippen molar-refractivity contribution in [2.24, 2.45) is 39.5 Å². The molecule has 6 heterocycles. The SMILES string of the molecule is CCCCC(=O)C[C@H](C(=O)N1C[C@H](O)C[C@H]1C(=O)CCc1ccc(-c2scnc2C)cc1)C(C)(C)C.CCCCC(=O)O.Cc1ncsc1-c1ccc(CCC(=O)[C@@H]2C[C@@H](O)CN2C(=O)[C@@H](CC(=O)CCCN)C(C)(C)C)cc1.Cc1ncsc1-c1ccc(CCC(=O)[C@@H]2C[C@@H](O)CN2C(=O)[C@@H](N)C(C)(C)C)cc1. The number of carbonyl (C=O) groups is 9. The lowest BCUT2D eigenvalue weighted by molar-refractivity contribution is -0.146. The van der Waals surface area contributed by atoms with Gasteiger partial charge in [0.15, 0.2) is 17.3 Å². The van der Waals surface area contributed by atoms with Crippen molar-refractivity contribution in [1.29, 1.82) is 0 Å². The van der Waals surface area contributed by atoms with Crippen molar-refractivity contribution < 1.29 is 63.6 Å². The predicted octanol–water partition coefficient (Wildman–Crippen LogP) is 13.6. The molecule has 3 amide bonds. The maximum absolute atomic E-state index is 13.6. The first-order valence-corrected chi connectivity index (χ1v) is 41.2. The Balaban J connectivity index is 0.000000245. The van der Waals surface area contributed by atoms with Gasteiger partial charge >= 0.3 is 5.97 Å². The number of aromatic nitrogens is 3. The van der Waals surface area contributed by atoms with Gasteiger partial charge in [-0.2, -0.15) is 0 Å². The van der Waals surface area contributed by atoms with Crippen molar-refractivity contribution >= 4 is 86.6 Å². The number of unbranched alkanes of at least 4 members (excludes halogenated alkanes) is 2. The zero-order valence-corrected chi connectivity index (χ0v) is 69.1. The Labute approximate surface area is 657 Å². The Morgan fingerprint density at radius 3 is 0.991 bits per heavy atom. The molecule has 3 aliphatic heterocycles. The van der Waals surface area contributed by atoms with Gasteiger partial charge in [0.2, 0.25) is 17.7 Å². The van der Waals surface area contributed by atoms with Crippen LogP contribution in [-0.4, -0.2) is 171 Å². The molecule has 3 aliphatic rings. The molecule has 9 atom stereocenters. The molecule has 24 heteroatoms. The third-order valence-corrected chi connectivity index (χ3v) is 23.6. The summed E-state index contributed by atoms with van der Waals surface area (Å²) < 4.78 is 0. The zero-order chi connectivity index (χ0) is 80.7. The fraction of sp³-hybridized carbons (Fsp3) is 0.576. The monoisotopic (exact) mass is 1560 g/mol. The van der Waals surface area contributed by atoms with Crippen LogP contribution in [0, 0.1) is 48.9 Å². The molecule has 3 aromatic heterocycles. The number of carbonyl (C=O) groups excluding carboxylic acids is 8. The molecule has 3 fully saturated rings. The Morgan fingerprint density at radius 1 is 0.450 bits per heavy atom. The molecule has 0 unspecified atom stereocenters. The summed E-state index contributed by atoms with van der Waals surface area (Å²) in [6.45, 7) is 28.3. The van der Waals surface area contributed by atoms with Crippen LogP contribution in [0.5, 0.6) is 0 Å². The summed E-state index contributed by atoms with van der Waals surface area (Å²) in [6, 6.07) is 21.9. The van der Waals surface area contributed by atoms with E-state index in [1.165, 1.54) is 9.80 Å². The summed E-state index contributed by atoms with van der Waals surface area (Å²) in [6.07, 6.45) is 6.86. The number of aliphatic hydroxyl groups excluding tert-OH is 3. The van der Waals surface area contributed by atoms with Crippen LogP contribution in [0.3, 0.4) is 0 Å². The van der Waals surface area contributed by atoms with Crippen molar-refractivity contribution in [3.63, 3.8) is 0 Å². The Kier molecular flexibility index (Phi) is 35.1. The van der Waals surface area contributed by atoms with Crippen molar-refractivity contribution in [3.8, 4) is 31.3 Å². The molecule has 8 N–H and O–H groups in total. The van der Waals surface area contributed by atoms with E-state index < -0.39 is 76.5 Å². The van der Waals surface area contributed by atoms with Crippen molar-refractivity contribution in [2.45, 2.75) is 261 Å². The molecule has 6 aromatic rings. The maximum atomic E-state index is 13.6. The highest BCUT2D eigenvalue weighted by Crippen LogP contribution is 2.38. The number of Topliss-reactive ketones (excluding diaryl/α,β-unsaturated/α-hetero) is 5. The fourth-order valence-electron chi connectivity index (χ4n) is 13.7. The molecular formula is C85H120N8O13S3. The number of aliphatic carboxylic acids is 1. The van der Waals surface area contributed by atoms with Gasteiger partial charge in [-0.1, -0.05) is 162 Å². The number of hydrogen-bond donors (Lipinski definition) is 6. The quantitative estimate of drug-likeness (QED) is 0.0235. The van der Waals surface area contributed by atoms with E-state index in [0.29, 0.717) is 64.3 Å². The van der Waals surface area contributed by atoms with Gasteiger partial charge in [-0.3, -0.25) is 43.2 Å². The Bertz CT molecular complexity index is 3790. The number of likely N-dealkylation sites (tertiary alicyclic amines) is 3. The molecule has 109 heavy (non-hydrogen) atoms. The number of amides is 3. The van der Waals surface area contributed by atoms with Crippen LogP contribution in [0.1, 0.15) is 213 Å². The van der Waals surface area contributed by atoms with Gasteiger partial charge in [0.25, 0.3) is 0 Å². The van der Waals surface area contributed by atoms with Gasteiger partial charge in [0.05, 0.1) is 90.7 Å². The summed E-state index contributed by atoms with van der Waals surface area (Å²) in [4.78, 5) is 135. The van der Waals surface area contributed by atoms with Crippen molar-refractivity contribution in [1.82, 2.24) is 29.7 Å². The van der Waals surface area contributed by atoms with Crippen LogP contribution in [0.4, 0.5) is 0 Å². The molecule has 0 saturated carbocycles. The average Bonchev–Trinajstić information content (AvgIpc) is 1.75. The molecule has 0 aliphatic carbocycles. The minimum Gasteiger partial charge on any atom is -0.481 e. The van der Waals surface area contributed by atoms with Gasteiger partial charge in [0.1, 0.15) is 11.6 Å². The van der Waals surface area contributed by atoms with Crippen LogP contribution >= 0.6 is 34.0 Å². The van der Waals surface area contributed by atoms with E-state index in [-0.39, 0.29) is 105 Å². The van der Waals surface area contributed by atoms with E-state index >= 15 is 0 Å². The van der Waals surface area contributed by atoms with Crippen LogP contribution in [-0.2, 0) is 62.4 Å². The summed E-state index contributed by atoms with van der Waals surface area (Å²) in [5.41, 5.74) is 25.4. The number of benzene rings is 3. The van der Waals surface area contributed by atoms with Crippen molar-refractivity contribution in [2.75, 3.05) is 26.2 Å². The molecule has 0 spiro atoms. The van der Waals surface area contributed by atoms with E-state index in [9.17, 15) is 58.5 Å². The lowest BCUT2D eigenvalue weighted by atomic mass is 9.76. The molecule has 0 bridgehead atoms. The fourth-order valence-corrected chi connectivity index (χ4v) is 16.2. The Morgan fingerprint density at radius 2 is 0.743 bits per heavy atom. The van der Waals surface area contributed by atoms with E-state index in [1.807, 2.05) is 162 Å². The van der Waals surface area contributed by atoms with Crippen molar-refractivity contribution in [3.05, 3.63) is 123 Å². The number of aliphatic hydroxyl groups is 3. The van der Waals surface area contributed by atoms with Gasteiger partial charge in [-0.05, 0) is 115 Å². The molecule has 3 aromatic carbocycles. The number of carboxylic acids is 1. The van der Waals surface area contributed by atoms with Gasteiger partial charge in [-0.15, -0.1) is 34.0 Å². The summed E-state index contributed by atoms with van der Waals surface area (Å²) in [5.74, 6) is -2.44. The van der Waals surface area contributed by atoms with Gasteiger partial charge in [-0.25, -0.2) is 15.0 Å². The van der Waals surface area contributed by atoms with E-state index in [2.05, 4.69) is 39.2 Å². The molecule has 3 saturated heterocycles. The second-order valence-corrected chi connectivity index (χ2v) is 35.2. The molecule has 9 rings (SSSR count). The number of nitrogens with two attached hydrogens (primary N) is 2. The number of nitrogens with zero attached hydrogens (tertiary/aromatic N) is 6. The van der Waals surface area contributed by atoms with Gasteiger partial charge < -0.3 is 46.6 Å². The smallest absolute Gasteiger partial charge is 0.303 e. The molecular weight excluding hydrogens is 1440 g/mol. The molecule has 596 valence electrons. The summed E-state index contributed by atoms with van der Waals surface area (Å²) >= 11 is 4.83. The molecule has 21 nitrogen and oxygen atoms in total. The second-order valence-electron chi connectivity index (χ2n) is 32.6. The first kappa shape index (κ1) is 90.5. The number of hydrogen-bond acceptors (Lipinski definition) is 20. The van der Waals surface area contributed by atoms with E-state index in [1.54, 1.807) is 38.9 Å². The predicted molar refractivity (Wildman–Crippen MR) is 433 cm³/mol. The number of rotatable bonds is 31. The number of β-amino-alcohol motifs (C(OH)–C–C–N with tert-alkyl or cyclic N) is 3. The first-order chi connectivity index (χ1) is 51.4. The number of carboxylic acid groups (broad SMARTS) is 1. The third kappa shape index (κ3) is 27.2. The lowest BCUT2D eigenvalue weighted by Gasteiger charge is -2.34. The average molecular weight is 1560 g/mol. The number of ketones is 5. The maximum Gasteiger partial charge on any atom is 0.303 e. The second kappa shape index (κ2) is 42.3. The van der Waals surface area contributed by atoms with E-state index in [0.717, 1.165) is 90.8 Å². The van der Waals surface area contributed by atoms with Crippen LogP contribution in [0.2, 0.25) is 0 Å². The highest BCUT2D eigenvalue weighted by atomic mass is 32.1. The topological polar surface area (TPSA) is 335 Å². The lowest BCUT2D eigenvalue weighted by Crippen LogP contribution is -2.53. The summed E-state index contributed by atoms with van der Waals surface area (Å²) in [7, 11) is 0. The standard InChI is InChI=1S/C29H40N2O4S.C28H39N3O4S.C23H31N3O3S.C5H10O2/c1-6-7-8-22(32)15-24(29(3,4)5)28(35)31-17-23(33)16-25(31)26(34)14-11-20-9-12-21(13-10-20)27-19(2)30-18-36-27;1-18-26(36-17-30-18)20-10-7-19(8-11-20)9-12-25(34)24-15-22(33)16-31(24)27(35)23(28(2,3)4)14-21(32)6-5-13-29;1-14-20(30-13-25-14)16-8-5-15(6-9-16)7-10-19(28)18-11-17(27)12-26(18)22(29)21(24)23(2,3)4;1-2-3-4-5(6)7/h9-10,12-13,18,23-25,33H,6-8,11,14-17H2,1-5H3;7-8,10-11,17,22-24,33H,5-6,9,12-16,29H2,1-4H3;5-6,8-9,13,17-18,21,27H,7,10-12,24H2,1-4H3;2-4H2,1H3,(H,6,7)/t23-,24-,25+;22-,23-,24+;17-,18+,21-;/m111./s1. The normalized spacial score (nSPS) is 18.7. The highest BCUT2D eigenvalue weighted by Gasteiger charge is 2.47. The number of aryl methyl sites for hydroxylation is 6. The third-order valence-electron chi connectivity index (χ3n) is 20.6. The molecule has 0 radical (unpaired) electrons. The van der Waals surface area contributed by atoms with Crippen LogP contribution < -0.4 is 11.5 Å². The number of thiazole rings is 3. The van der Waals surface area contributed by atoms with Gasteiger partial charge in [0, 0.05) is 102 Å². The Hall–Kier alpha value is -7.42. The van der Waals surface area contributed by atoms with E-state index in [4.69, 9.17) is 16.6 Å². The van der Waals surface area contributed by atoms with Crippen LogP contribution in [0.25, 0.3) is 31.3 Å². The minimum absolute atomic E-state index is 0.00770. The van der Waals surface area contributed by atoms with Crippen LogP contribution in [0.15, 0.2) is 89.3 Å². The largest absolute Gasteiger partial charge is 0.481 e.